The van der Waals surface area contributed by atoms with Gasteiger partial charge in [0.25, 0.3) is 5.91 Å². The maximum absolute atomic E-state index is 11.7. The normalized spacial score (nSPS) is 10.7. The lowest BCUT2D eigenvalue weighted by molar-refractivity contribution is 0.0949. The summed E-state index contributed by atoms with van der Waals surface area (Å²) in [5.74, 6) is 1.22. The molecule has 1 aromatic rings. The van der Waals surface area contributed by atoms with Crippen molar-refractivity contribution in [3.8, 4) is 5.75 Å². The highest BCUT2D eigenvalue weighted by atomic mass is 16.5. The molecule has 0 aliphatic heterocycles. The van der Waals surface area contributed by atoms with Crippen molar-refractivity contribution in [2.75, 3.05) is 6.54 Å². The molecule has 17 heavy (non-hydrogen) atoms. The second-order valence-electron chi connectivity index (χ2n) is 4.79. The topological polar surface area (TPSA) is 38.3 Å². The Balaban J connectivity index is 2.57. The molecule has 3 heteroatoms. The van der Waals surface area contributed by atoms with Crippen molar-refractivity contribution in [2.24, 2.45) is 5.92 Å². The molecule has 0 aromatic heterocycles. The van der Waals surface area contributed by atoms with E-state index in [0.29, 0.717) is 18.0 Å². The Bertz CT molecular complexity index is 355. The van der Waals surface area contributed by atoms with Crippen molar-refractivity contribution in [1.29, 1.82) is 0 Å². The minimum Gasteiger partial charge on any atom is -0.491 e. The van der Waals surface area contributed by atoms with E-state index in [1.165, 1.54) is 0 Å². The van der Waals surface area contributed by atoms with Gasteiger partial charge in [-0.05, 0) is 44.0 Å². The monoisotopic (exact) mass is 235 g/mol. The molecule has 0 saturated heterocycles. The second kappa shape index (κ2) is 6.28. The molecule has 0 spiro atoms. The molecular weight excluding hydrogens is 214 g/mol. The first-order chi connectivity index (χ1) is 7.99. The van der Waals surface area contributed by atoms with Gasteiger partial charge < -0.3 is 10.1 Å². The van der Waals surface area contributed by atoms with Gasteiger partial charge in [-0.3, -0.25) is 4.79 Å². The van der Waals surface area contributed by atoms with E-state index < -0.39 is 0 Å². The highest BCUT2D eigenvalue weighted by Gasteiger charge is 2.06. The van der Waals surface area contributed by atoms with Gasteiger partial charge >= 0.3 is 0 Å². The van der Waals surface area contributed by atoms with Gasteiger partial charge in [-0.1, -0.05) is 13.8 Å². The number of nitrogens with one attached hydrogen (secondary N) is 1. The van der Waals surface area contributed by atoms with Crippen molar-refractivity contribution in [3.05, 3.63) is 29.8 Å². The summed E-state index contributed by atoms with van der Waals surface area (Å²) in [4.78, 5) is 11.7. The predicted molar refractivity (Wildman–Crippen MR) is 69.4 cm³/mol. The first kappa shape index (κ1) is 13.6. The van der Waals surface area contributed by atoms with E-state index in [2.05, 4.69) is 19.2 Å². The molecule has 0 aliphatic rings. The lowest BCUT2D eigenvalue weighted by Gasteiger charge is -2.10. The molecule has 0 fully saturated rings. The summed E-state index contributed by atoms with van der Waals surface area (Å²) < 4.78 is 5.52. The van der Waals surface area contributed by atoms with E-state index in [1.807, 2.05) is 26.0 Å². The summed E-state index contributed by atoms with van der Waals surface area (Å²) in [6.07, 6.45) is 0.149. The number of carbonyl (C=O) groups excluding carboxylic acids is 1. The van der Waals surface area contributed by atoms with Crippen LogP contribution in [-0.4, -0.2) is 18.6 Å². The van der Waals surface area contributed by atoms with Gasteiger partial charge in [0.05, 0.1) is 6.10 Å². The standard InChI is InChI=1S/C14H21NO2/c1-10(2)9-15-14(16)12-5-7-13(8-6-12)17-11(3)4/h5-8,10-11H,9H2,1-4H3,(H,15,16). The predicted octanol–water partition coefficient (Wildman–Crippen LogP) is 2.86. The first-order valence-corrected chi connectivity index (χ1v) is 6.04. The van der Waals surface area contributed by atoms with Crippen LogP contribution in [0.15, 0.2) is 24.3 Å². The molecule has 0 atom stereocenters. The highest BCUT2D eigenvalue weighted by molar-refractivity contribution is 5.94. The minimum atomic E-state index is -0.0326. The van der Waals surface area contributed by atoms with E-state index in [9.17, 15) is 4.79 Å². The average Bonchev–Trinajstić information content (AvgIpc) is 2.26. The summed E-state index contributed by atoms with van der Waals surface area (Å²) in [5.41, 5.74) is 0.668. The number of hydrogen-bond acceptors (Lipinski definition) is 2. The Kier molecular flexibility index (Phi) is 5.01. The molecule has 0 heterocycles. The zero-order chi connectivity index (χ0) is 12.8. The minimum absolute atomic E-state index is 0.0326. The van der Waals surface area contributed by atoms with Crippen molar-refractivity contribution < 1.29 is 9.53 Å². The third-order valence-corrected chi connectivity index (χ3v) is 2.16. The Hall–Kier alpha value is -1.51. The quantitative estimate of drug-likeness (QED) is 0.852. The van der Waals surface area contributed by atoms with Crippen molar-refractivity contribution in [1.82, 2.24) is 5.32 Å². The third kappa shape index (κ3) is 4.89. The van der Waals surface area contributed by atoms with Crippen LogP contribution in [0.1, 0.15) is 38.1 Å². The number of ether oxygens (including phenoxy) is 1. The summed E-state index contributed by atoms with van der Waals surface area (Å²) >= 11 is 0. The van der Waals surface area contributed by atoms with Crippen LogP contribution in [-0.2, 0) is 0 Å². The summed E-state index contributed by atoms with van der Waals surface area (Å²) in [6.45, 7) is 8.79. The van der Waals surface area contributed by atoms with E-state index >= 15 is 0 Å². The van der Waals surface area contributed by atoms with Crippen LogP contribution in [0.2, 0.25) is 0 Å². The van der Waals surface area contributed by atoms with Gasteiger partial charge in [-0.15, -0.1) is 0 Å². The van der Waals surface area contributed by atoms with Gasteiger partial charge in [0, 0.05) is 12.1 Å². The molecule has 0 saturated carbocycles. The smallest absolute Gasteiger partial charge is 0.251 e. The van der Waals surface area contributed by atoms with Crippen LogP contribution >= 0.6 is 0 Å². The van der Waals surface area contributed by atoms with Crippen molar-refractivity contribution >= 4 is 5.91 Å². The van der Waals surface area contributed by atoms with Gasteiger partial charge in [0.2, 0.25) is 0 Å². The first-order valence-electron chi connectivity index (χ1n) is 6.04. The van der Waals surface area contributed by atoms with Crippen LogP contribution in [0.3, 0.4) is 0 Å². The summed E-state index contributed by atoms with van der Waals surface area (Å²) in [5, 5.41) is 2.88. The average molecular weight is 235 g/mol. The third-order valence-electron chi connectivity index (χ3n) is 2.16. The Morgan fingerprint density at radius 1 is 1.18 bits per heavy atom. The Morgan fingerprint density at radius 3 is 2.24 bits per heavy atom. The van der Waals surface area contributed by atoms with Crippen molar-refractivity contribution in [3.63, 3.8) is 0 Å². The fraction of sp³-hybridized carbons (Fsp3) is 0.500. The van der Waals surface area contributed by atoms with E-state index in [-0.39, 0.29) is 12.0 Å². The van der Waals surface area contributed by atoms with Gasteiger partial charge in [-0.25, -0.2) is 0 Å². The lowest BCUT2D eigenvalue weighted by Crippen LogP contribution is -2.27. The molecule has 0 aliphatic carbocycles. The number of hydrogen-bond donors (Lipinski definition) is 1. The molecule has 0 bridgehead atoms. The number of rotatable bonds is 5. The Morgan fingerprint density at radius 2 is 1.76 bits per heavy atom. The van der Waals surface area contributed by atoms with Crippen LogP contribution in [0.25, 0.3) is 0 Å². The van der Waals surface area contributed by atoms with E-state index in [4.69, 9.17) is 4.74 Å². The molecule has 1 amide bonds. The zero-order valence-electron chi connectivity index (χ0n) is 11.0. The molecular formula is C14H21NO2. The molecule has 1 N–H and O–H groups in total. The Labute approximate surface area is 103 Å². The molecule has 0 unspecified atom stereocenters. The maximum Gasteiger partial charge on any atom is 0.251 e. The lowest BCUT2D eigenvalue weighted by atomic mass is 10.2. The zero-order valence-corrected chi connectivity index (χ0v) is 11.0. The fourth-order valence-corrected chi connectivity index (χ4v) is 1.36. The highest BCUT2D eigenvalue weighted by Crippen LogP contribution is 2.13. The van der Waals surface area contributed by atoms with E-state index in [1.54, 1.807) is 12.1 Å². The van der Waals surface area contributed by atoms with Crippen LogP contribution in [0, 0.1) is 5.92 Å². The number of amides is 1. The van der Waals surface area contributed by atoms with Gasteiger partial charge in [-0.2, -0.15) is 0 Å². The molecule has 1 aromatic carbocycles. The van der Waals surface area contributed by atoms with Crippen LogP contribution in [0.5, 0.6) is 5.75 Å². The number of carbonyl (C=O) groups is 1. The van der Waals surface area contributed by atoms with E-state index in [0.717, 1.165) is 5.75 Å². The molecule has 1 rings (SSSR count). The molecule has 3 nitrogen and oxygen atoms in total. The van der Waals surface area contributed by atoms with Gasteiger partial charge in [0.15, 0.2) is 0 Å². The SMILES string of the molecule is CC(C)CNC(=O)c1ccc(OC(C)C)cc1. The molecule has 0 radical (unpaired) electrons. The number of benzene rings is 1. The van der Waals surface area contributed by atoms with Crippen molar-refractivity contribution in [2.45, 2.75) is 33.8 Å². The van der Waals surface area contributed by atoms with Crippen LogP contribution in [0.4, 0.5) is 0 Å². The fourth-order valence-electron chi connectivity index (χ4n) is 1.36. The summed E-state index contributed by atoms with van der Waals surface area (Å²) in [6, 6.07) is 7.22. The maximum atomic E-state index is 11.7. The van der Waals surface area contributed by atoms with Gasteiger partial charge in [0.1, 0.15) is 5.75 Å². The van der Waals surface area contributed by atoms with Crippen LogP contribution < -0.4 is 10.1 Å². The largest absolute Gasteiger partial charge is 0.491 e. The second-order valence-corrected chi connectivity index (χ2v) is 4.79. The summed E-state index contributed by atoms with van der Waals surface area (Å²) in [7, 11) is 0. The molecule has 94 valence electrons.